The van der Waals surface area contributed by atoms with E-state index in [-0.39, 0.29) is 0 Å². The summed E-state index contributed by atoms with van der Waals surface area (Å²) in [4.78, 5) is 0. The Morgan fingerprint density at radius 2 is 2.14 bits per heavy atom. The average Bonchev–Trinajstić information content (AvgIpc) is 2.19. The minimum absolute atomic E-state index is 0.671. The molecule has 1 rings (SSSR count). The molecule has 2 heteroatoms. The molecule has 0 aliphatic heterocycles. The highest BCUT2D eigenvalue weighted by atomic mass is 127. The predicted octanol–water partition coefficient (Wildman–Crippen LogP) is 4.05. The summed E-state index contributed by atoms with van der Waals surface area (Å²) in [5, 5.41) is 0. The van der Waals surface area contributed by atoms with Crippen LogP contribution in [0.2, 0.25) is 0 Å². The number of para-hydroxylation sites is 1. The lowest BCUT2D eigenvalue weighted by molar-refractivity contribution is 0.324. The first-order valence-electron chi connectivity index (χ1n) is 4.43. The van der Waals surface area contributed by atoms with E-state index < -0.39 is 0 Å². The first-order chi connectivity index (χ1) is 6.75. The van der Waals surface area contributed by atoms with Crippen LogP contribution in [-0.4, -0.2) is 6.61 Å². The molecule has 0 aromatic heterocycles. The molecule has 1 aromatic carbocycles. The summed E-state index contributed by atoms with van der Waals surface area (Å²) >= 11 is 2.20. The summed E-state index contributed by atoms with van der Waals surface area (Å²) in [6.45, 7) is 8.22. The Hall–Kier alpha value is -0.770. The quantitative estimate of drug-likeness (QED) is 0.453. The van der Waals surface area contributed by atoms with E-state index >= 15 is 0 Å². The van der Waals surface area contributed by atoms with E-state index in [2.05, 4.69) is 35.7 Å². The average molecular weight is 300 g/mol. The fraction of sp³-hybridized carbons (Fsp3) is 0.167. The molecule has 0 N–H and O–H groups in total. The van der Waals surface area contributed by atoms with Gasteiger partial charge in [0.25, 0.3) is 0 Å². The van der Waals surface area contributed by atoms with Crippen molar-refractivity contribution >= 4 is 26.2 Å². The molecule has 0 fully saturated rings. The van der Waals surface area contributed by atoms with Crippen molar-refractivity contribution in [1.82, 2.24) is 0 Å². The van der Waals surface area contributed by atoms with Gasteiger partial charge < -0.3 is 4.74 Å². The molecule has 0 unspecified atom stereocenters. The van der Waals surface area contributed by atoms with Gasteiger partial charge >= 0.3 is 0 Å². The van der Waals surface area contributed by atoms with E-state index in [4.69, 9.17) is 4.74 Å². The van der Waals surface area contributed by atoms with Crippen molar-refractivity contribution in [2.75, 3.05) is 6.61 Å². The second-order valence-corrected chi connectivity index (χ2v) is 4.13. The highest BCUT2D eigenvalue weighted by molar-refractivity contribution is 14.1. The van der Waals surface area contributed by atoms with Crippen LogP contribution in [0.1, 0.15) is 12.0 Å². The Morgan fingerprint density at radius 1 is 1.43 bits per heavy atom. The molecule has 1 aromatic rings. The fourth-order valence-electron chi connectivity index (χ4n) is 1.07. The van der Waals surface area contributed by atoms with Crippen molar-refractivity contribution in [2.45, 2.75) is 6.42 Å². The lowest BCUT2D eigenvalue weighted by Crippen LogP contribution is -1.97. The van der Waals surface area contributed by atoms with Gasteiger partial charge in [-0.1, -0.05) is 30.9 Å². The fourth-order valence-corrected chi connectivity index (χ4v) is 1.51. The summed E-state index contributed by atoms with van der Waals surface area (Å²) < 4.78 is 6.60. The number of halogens is 1. The Bertz CT molecular complexity index is 331. The minimum atomic E-state index is 0.671. The summed E-state index contributed by atoms with van der Waals surface area (Å²) in [5.74, 6) is 0.897. The van der Waals surface area contributed by atoms with Gasteiger partial charge in [0.05, 0.1) is 6.61 Å². The number of hydrogen-bond donors (Lipinski definition) is 0. The van der Waals surface area contributed by atoms with Crippen LogP contribution in [0.3, 0.4) is 0 Å². The standard InChI is InChI=1S/C12H13IO/c1-3-4-9-14-12-8-6-5-7-11(12)10(2)13/h3,5-8H,1-2,4,9H2. The van der Waals surface area contributed by atoms with Gasteiger partial charge in [0.15, 0.2) is 0 Å². The van der Waals surface area contributed by atoms with Crippen LogP contribution >= 0.6 is 22.6 Å². The summed E-state index contributed by atoms with van der Waals surface area (Å²) in [7, 11) is 0. The Morgan fingerprint density at radius 3 is 2.79 bits per heavy atom. The lowest BCUT2D eigenvalue weighted by atomic mass is 10.2. The smallest absolute Gasteiger partial charge is 0.127 e. The molecule has 0 bridgehead atoms. The molecule has 0 aliphatic rings. The van der Waals surface area contributed by atoms with Gasteiger partial charge in [-0.2, -0.15) is 0 Å². The molecule has 0 amide bonds. The molecular weight excluding hydrogens is 287 g/mol. The predicted molar refractivity (Wildman–Crippen MR) is 69.8 cm³/mol. The van der Waals surface area contributed by atoms with Crippen molar-refractivity contribution in [3.63, 3.8) is 0 Å². The maximum atomic E-state index is 5.60. The van der Waals surface area contributed by atoms with Crippen LogP contribution in [0, 0.1) is 0 Å². The van der Waals surface area contributed by atoms with Crippen LogP contribution in [-0.2, 0) is 0 Å². The van der Waals surface area contributed by atoms with Crippen molar-refractivity contribution in [1.29, 1.82) is 0 Å². The van der Waals surface area contributed by atoms with E-state index in [1.807, 2.05) is 30.3 Å². The zero-order valence-electron chi connectivity index (χ0n) is 8.00. The number of benzene rings is 1. The van der Waals surface area contributed by atoms with Gasteiger partial charge in [0.1, 0.15) is 5.75 Å². The highest BCUT2D eigenvalue weighted by Gasteiger charge is 2.02. The maximum Gasteiger partial charge on any atom is 0.127 e. The van der Waals surface area contributed by atoms with Gasteiger partial charge in [0.2, 0.25) is 0 Å². The number of hydrogen-bond acceptors (Lipinski definition) is 1. The van der Waals surface area contributed by atoms with E-state index in [0.29, 0.717) is 6.61 Å². The number of rotatable bonds is 5. The molecule has 14 heavy (non-hydrogen) atoms. The van der Waals surface area contributed by atoms with E-state index in [1.165, 1.54) is 0 Å². The maximum absolute atomic E-state index is 5.60. The van der Waals surface area contributed by atoms with Gasteiger partial charge in [-0.25, -0.2) is 0 Å². The second-order valence-electron chi connectivity index (χ2n) is 2.83. The summed E-state index contributed by atoms with van der Waals surface area (Å²) in [6.07, 6.45) is 2.71. The molecule has 1 nitrogen and oxygen atoms in total. The third kappa shape index (κ3) is 3.18. The Balaban J connectivity index is 2.74. The molecule has 0 saturated carbocycles. The minimum Gasteiger partial charge on any atom is -0.493 e. The van der Waals surface area contributed by atoms with Gasteiger partial charge in [0, 0.05) is 9.14 Å². The van der Waals surface area contributed by atoms with Crippen molar-refractivity contribution in [3.05, 3.63) is 49.1 Å². The van der Waals surface area contributed by atoms with E-state index in [0.717, 1.165) is 21.3 Å². The van der Waals surface area contributed by atoms with Gasteiger partial charge in [-0.05, 0) is 35.1 Å². The number of ether oxygens (including phenoxy) is 1. The molecule has 0 spiro atoms. The third-order valence-electron chi connectivity index (χ3n) is 1.76. The first-order valence-corrected chi connectivity index (χ1v) is 5.51. The first kappa shape index (κ1) is 11.3. The van der Waals surface area contributed by atoms with Crippen LogP contribution < -0.4 is 4.74 Å². The highest BCUT2D eigenvalue weighted by Crippen LogP contribution is 2.28. The lowest BCUT2D eigenvalue weighted by Gasteiger charge is -2.09. The van der Waals surface area contributed by atoms with Gasteiger partial charge in [-0.3, -0.25) is 0 Å². The molecule has 0 radical (unpaired) electrons. The zero-order valence-corrected chi connectivity index (χ0v) is 10.2. The molecule has 0 heterocycles. The Labute approximate surface area is 98.6 Å². The molecule has 0 atom stereocenters. The molecule has 0 saturated heterocycles. The monoisotopic (exact) mass is 300 g/mol. The molecule has 74 valence electrons. The van der Waals surface area contributed by atoms with E-state index in [9.17, 15) is 0 Å². The topological polar surface area (TPSA) is 9.23 Å². The normalized spacial score (nSPS) is 9.50. The third-order valence-corrected chi connectivity index (χ3v) is 2.34. The van der Waals surface area contributed by atoms with Crippen molar-refractivity contribution in [3.8, 4) is 5.75 Å². The largest absolute Gasteiger partial charge is 0.493 e. The molecule has 0 aliphatic carbocycles. The summed E-state index contributed by atoms with van der Waals surface area (Å²) in [5.41, 5.74) is 1.07. The zero-order chi connectivity index (χ0) is 10.4. The van der Waals surface area contributed by atoms with Gasteiger partial charge in [-0.15, -0.1) is 6.58 Å². The van der Waals surface area contributed by atoms with Crippen LogP contribution in [0.5, 0.6) is 5.75 Å². The summed E-state index contributed by atoms with van der Waals surface area (Å²) in [6, 6.07) is 7.92. The van der Waals surface area contributed by atoms with Crippen LogP contribution in [0.15, 0.2) is 43.5 Å². The molecular formula is C12H13IO. The van der Waals surface area contributed by atoms with Crippen molar-refractivity contribution in [2.24, 2.45) is 0 Å². The van der Waals surface area contributed by atoms with Crippen LogP contribution in [0.25, 0.3) is 3.58 Å². The SMILES string of the molecule is C=CCCOc1ccccc1C(=C)I. The van der Waals surface area contributed by atoms with Crippen LogP contribution in [0.4, 0.5) is 0 Å². The van der Waals surface area contributed by atoms with E-state index in [1.54, 1.807) is 0 Å². The Kier molecular flexibility index (Phi) is 4.73. The van der Waals surface area contributed by atoms with Crippen molar-refractivity contribution < 1.29 is 4.74 Å². The second kappa shape index (κ2) is 5.86.